The van der Waals surface area contributed by atoms with Crippen molar-refractivity contribution in [1.29, 1.82) is 0 Å². The van der Waals surface area contributed by atoms with Crippen molar-refractivity contribution in [2.75, 3.05) is 6.54 Å². The molecule has 1 saturated carbocycles. The number of hydrogen-bond donors (Lipinski definition) is 3. The standard InChI is InChI=1S/C14H21N3O/c15-8-10-4-6-11(7-5-10)14(18)17-13-3-1-2-12(13)9-16/h4-7,12-13H,1-3,8-9,15-16H2,(H,17,18). The molecule has 0 aromatic heterocycles. The van der Waals surface area contributed by atoms with Crippen LogP contribution in [-0.2, 0) is 6.54 Å². The van der Waals surface area contributed by atoms with Crippen molar-refractivity contribution in [2.24, 2.45) is 17.4 Å². The average molecular weight is 247 g/mol. The Kier molecular flexibility index (Phi) is 4.33. The molecule has 18 heavy (non-hydrogen) atoms. The van der Waals surface area contributed by atoms with Gasteiger partial charge in [0.25, 0.3) is 5.91 Å². The lowest BCUT2D eigenvalue weighted by atomic mass is 10.0. The van der Waals surface area contributed by atoms with Gasteiger partial charge in [0, 0.05) is 18.2 Å². The first-order valence-electron chi connectivity index (χ1n) is 6.54. The molecule has 1 aromatic carbocycles. The SMILES string of the molecule is NCc1ccc(C(=O)NC2CCCC2CN)cc1. The summed E-state index contributed by atoms with van der Waals surface area (Å²) in [6, 6.07) is 7.67. The van der Waals surface area contributed by atoms with E-state index in [1.54, 1.807) is 0 Å². The van der Waals surface area contributed by atoms with Gasteiger partial charge < -0.3 is 16.8 Å². The Morgan fingerprint density at radius 2 is 1.94 bits per heavy atom. The molecule has 2 unspecified atom stereocenters. The van der Waals surface area contributed by atoms with Crippen LogP contribution in [0.3, 0.4) is 0 Å². The smallest absolute Gasteiger partial charge is 0.251 e. The molecule has 0 bridgehead atoms. The van der Waals surface area contributed by atoms with Gasteiger partial charge in [-0.1, -0.05) is 18.6 Å². The van der Waals surface area contributed by atoms with Crippen molar-refractivity contribution in [3.63, 3.8) is 0 Å². The van der Waals surface area contributed by atoms with Crippen LogP contribution in [0.15, 0.2) is 24.3 Å². The van der Waals surface area contributed by atoms with Crippen LogP contribution in [-0.4, -0.2) is 18.5 Å². The van der Waals surface area contributed by atoms with Gasteiger partial charge in [-0.15, -0.1) is 0 Å². The van der Waals surface area contributed by atoms with Gasteiger partial charge in [-0.05, 0) is 43.0 Å². The van der Waals surface area contributed by atoms with Crippen LogP contribution in [0.4, 0.5) is 0 Å². The molecule has 1 amide bonds. The molecule has 0 saturated heterocycles. The Bertz CT molecular complexity index is 402. The number of hydrogen-bond acceptors (Lipinski definition) is 3. The van der Waals surface area contributed by atoms with Crippen LogP contribution < -0.4 is 16.8 Å². The summed E-state index contributed by atoms with van der Waals surface area (Å²) in [6.45, 7) is 1.15. The van der Waals surface area contributed by atoms with Gasteiger partial charge >= 0.3 is 0 Å². The van der Waals surface area contributed by atoms with Crippen molar-refractivity contribution in [3.8, 4) is 0 Å². The minimum absolute atomic E-state index is 0.0103. The second-order valence-electron chi connectivity index (χ2n) is 4.91. The quantitative estimate of drug-likeness (QED) is 0.742. The van der Waals surface area contributed by atoms with E-state index < -0.39 is 0 Å². The van der Waals surface area contributed by atoms with E-state index >= 15 is 0 Å². The minimum Gasteiger partial charge on any atom is -0.349 e. The molecule has 1 aliphatic carbocycles. The Morgan fingerprint density at radius 1 is 1.22 bits per heavy atom. The Hall–Kier alpha value is -1.39. The highest BCUT2D eigenvalue weighted by atomic mass is 16.1. The summed E-state index contributed by atoms with van der Waals surface area (Å²) in [7, 11) is 0. The fraction of sp³-hybridized carbons (Fsp3) is 0.500. The maximum Gasteiger partial charge on any atom is 0.251 e. The predicted molar refractivity (Wildman–Crippen MR) is 72.0 cm³/mol. The fourth-order valence-corrected chi connectivity index (χ4v) is 2.55. The largest absolute Gasteiger partial charge is 0.349 e. The van der Waals surface area contributed by atoms with Gasteiger partial charge in [-0.2, -0.15) is 0 Å². The summed E-state index contributed by atoms with van der Waals surface area (Å²) < 4.78 is 0. The first kappa shape index (κ1) is 13.1. The third kappa shape index (κ3) is 2.89. The minimum atomic E-state index is -0.0103. The molecule has 5 N–H and O–H groups in total. The second-order valence-corrected chi connectivity index (χ2v) is 4.91. The van der Waals surface area contributed by atoms with Crippen molar-refractivity contribution in [2.45, 2.75) is 31.8 Å². The lowest BCUT2D eigenvalue weighted by Gasteiger charge is -2.19. The molecule has 1 aromatic rings. The van der Waals surface area contributed by atoms with Gasteiger partial charge in [-0.25, -0.2) is 0 Å². The van der Waals surface area contributed by atoms with Crippen LogP contribution in [0.5, 0.6) is 0 Å². The van der Waals surface area contributed by atoms with Crippen LogP contribution in [0, 0.1) is 5.92 Å². The Morgan fingerprint density at radius 3 is 2.56 bits per heavy atom. The molecule has 1 fully saturated rings. The number of carbonyl (C=O) groups is 1. The van der Waals surface area contributed by atoms with E-state index in [9.17, 15) is 4.79 Å². The van der Waals surface area contributed by atoms with Crippen LogP contribution in [0.25, 0.3) is 0 Å². The topological polar surface area (TPSA) is 81.1 Å². The Balaban J connectivity index is 1.98. The van der Waals surface area contributed by atoms with Crippen molar-refractivity contribution >= 4 is 5.91 Å². The highest BCUT2D eigenvalue weighted by Crippen LogP contribution is 2.24. The molecule has 0 radical (unpaired) electrons. The van der Waals surface area contributed by atoms with Crippen LogP contribution in [0.2, 0.25) is 0 Å². The summed E-state index contributed by atoms with van der Waals surface area (Å²) in [5.41, 5.74) is 13.0. The summed E-state index contributed by atoms with van der Waals surface area (Å²) in [5, 5.41) is 3.08. The van der Waals surface area contributed by atoms with Gasteiger partial charge in [-0.3, -0.25) is 4.79 Å². The second kappa shape index (κ2) is 5.98. The third-order valence-electron chi connectivity index (χ3n) is 3.73. The number of nitrogens with one attached hydrogen (secondary N) is 1. The zero-order valence-corrected chi connectivity index (χ0v) is 10.6. The van der Waals surface area contributed by atoms with E-state index in [0.29, 0.717) is 24.6 Å². The Labute approximate surface area is 108 Å². The van der Waals surface area contributed by atoms with E-state index in [2.05, 4.69) is 5.32 Å². The normalized spacial score (nSPS) is 23.0. The zero-order chi connectivity index (χ0) is 13.0. The number of carbonyl (C=O) groups excluding carboxylic acids is 1. The summed E-state index contributed by atoms with van der Waals surface area (Å²) in [6.07, 6.45) is 3.31. The monoisotopic (exact) mass is 247 g/mol. The van der Waals surface area contributed by atoms with Gasteiger partial charge in [0.2, 0.25) is 0 Å². The van der Waals surface area contributed by atoms with E-state index in [-0.39, 0.29) is 11.9 Å². The van der Waals surface area contributed by atoms with Crippen molar-refractivity contribution in [3.05, 3.63) is 35.4 Å². The molecule has 2 rings (SSSR count). The number of rotatable bonds is 4. The van der Waals surface area contributed by atoms with Crippen LogP contribution in [0.1, 0.15) is 35.2 Å². The molecule has 4 nitrogen and oxygen atoms in total. The third-order valence-corrected chi connectivity index (χ3v) is 3.73. The summed E-state index contributed by atoms with van der Waals surface area (Å²) in [5.74, 6) is 0.418. The average Bonchev–Trinajstić information content (AvgIpc) is 2.86. The first-order valence-corrected chi connectivity index (χ1v) is 6.54. The maximum atomic E-state index is 12.1. The van der Waals surface area contributed by atoms with Crippen LogP contribution >= 0.6 is 0 Å². The molecule has 4 heteroatoms. The molecular formula is C14H21N3O. The molecule has 2 atom stereocenters. The van der Waals surface area contributed by atoms with Gasteiger partial charge in [0.1, 0.15) is 0 Å². The van der Waals surface area contributed by atoms with E-state index in [0.717, 1.165) is 24.8 Å². The molecule has 0 heterocycles. The number of nitrogens with two attached hydrogens (primary N) is 2. The van der Waals surface area contributed by atoms with E-state index in [1.165, 1.54) is 0 Å². The molecule has 0 spiro atoms. The highest BCUT2D eigenvalue weighted by molar-refractivity contribution is 5.94. The molecular weight excluding hydrogens is 226 g/mol. The lowest BCUT2D eigenvalue weighted by molar-refractivity contribution is 0.0929. The predicted octanol–water partition coefficient (Wildman–Crippen LogP) is 1.00. The number of amides is 1. The van der Waals surface area contributed by atoms with Crippen molar-refractivity contribution in [1.82, 2.24) is 5.32 Å². The zero-order valence-electron chi connectivity index (χ0n) is 10.6. The van der Waals surface area contributed by atoms with E-state index in [1.807, 2.05) is 24.3 Å². The van der Waals surface area contributed by atoms with Gasteiger partial charge in [0.15, 0.2) is 0 Å². The lowest BCUT2D eigenvalue weighted by Crippen LogP contribution is -2.39. The molecule has 0 aliphatic heterocycles. The van der Waals surface area contributed by atoms with Gasteiger partial charge in [0.05, 0.1) is 0 Å². The highest BCUT2D eigenvalue weighted by Gasteiger charge is 2.27. The number of benzene rings is 1. The van der Waals surface area contributed by atoms with E-state index in [4.69, 9.17) is 11.5 Å². The molecule has 1 aliphatic rings. The fourth-order valence-electron chi connectivity index (χ4n) is 2.55. The maximum absolute atomic E-state index is 12.1. The van der Waals surface area contributed by atoms with Crippen molar-refractivity contribution < 1.29 is 4.79 Å². The molecule has 98 valence electrons. The summed E-state index contributed by atoms with van der Waals surface area (Å²) in [4.78, 5) is 12.1. The first-order chi connectivity index (χ1) is 8.74. The summed E-state index contributed by atoms with van der Waals surface area (Å²) >= 11 is 0.